The number of amides is 5. The van der Waals surface area contributed by atoms with Crippen LogP contribution in [0.5, 0.6) is 0 Å². The van der Waals surface area contributed by atoms with E-state index in [0.29, 0.717) is 25.1 Å². The highest BCUT2D eigenvalue weighted by atomic mass is 16.2. The molecule has 9 nitrogen and oxygen atoms in total. The molecule has 1 spiro atoms. The van der Waals surface area contributed by atoms with Crippen LogP contribution in [0.2, 0.25) is 0 Å². The average molecular weight is 657 g/mol. The molecular weight excluding hydrogens is 604 g/mol. The number of carbonyl (C=O) groups is 5. The number of rotatable bonds is 8. The largest absolute Gasteiger partial charge is 0.327 e. The summed E-state index contributed by atoms with van der Waals surface area (Å²) < 4.78 is 0. The van der Waals surface area contributed by atoms with Crippen molar-refractivity contribution in [1.82, 2.24) is 19.6 Å². The van der Waals surface area contributed by atoms with Crippen molar-refractivity contribution in [2.45, 2.75) is 84.5 Å². The smallest absolute Gasteiger partial charge is 0.326 e. The summed E-state index contributed by atoms with van der Waals surface area (Å²) in [6, 6.07) is 8.41. The summed E-state index contributed by atoms with van der Waals surface area (Å²) in [5.74, 6) is -0.389. The van der Waals surface area contributed by atoms with Crippen LogP contribution in [-0.4, -0.2) is 96.0 Å². The minimum atomic E-state index is -0.951. The molecule has 1 aromatic carbocycles. The monoisotopic (exact) mass is 656 g/mol. The molecule has 5 aliphatic rings. The number of nitrogens with zero attached hydrogens (tertiary/aromatic N) is 4. The predicted octanol–water partition coefficient (Wildman–Crippen LogP) is 6.50. The van der Waals surface area contributed by atoms with E-state index in [1.165, 1.54) is 35.3 Å². The summed E-state index contributed by atoms with van der Waals surface area (Å²) in [5, 5.41) is 0. The minimum Gasteiger partial charge on any atom is -0.327 e. The van der Waals surface area contributed by atoms with Crippen LogP contribution in [0, 0.1) is 22.2 Å². The summed E-state index contributed by atoms with van der Waals surface area (Å²) in [6.45, 7) is 5.61. The zero-order valence-electron chi connectivity index (χ0n) is 29.3. The van der Waals surface area contributed by atoms with Crippen LogP contribution in [0.1, 0.15) is 94.8 Å². The van der Waals surface area contributed by atoms with Crippen LogP contribution in [0.4, 0.5) is 9.59 Å². The molecule has 2 heterocycles. The molecule has 0 N–H and O–H groups in total. The fraction of sp³-hybridized carbons (Fsp3) is 0.615. The molecule has 9 heteroatoms. The first-order valence-electron chi connectivity index (χ1n) is 17.9. The van der Waals surface area contributed by atoms with Crippen molar-refractivity contribution in [3.8, 4) is 0 Å². The molecule has 3 fully saturated rings. The molecule has 6 rings (SSSR count). The summed E-state index contributed by atoms with van der Waals surface area (Å²) >= 11 is 0. The molecule has 4 unspecified atom stereocenters. The zero-order chi connectivity index (χ0) is 34.3. The number of allylic oxidation sites excluding steroid dienone is 2. The van der Waals surface area contributed by atoms with E-state index in [1.54, 1.807) is 34.1 Å². The van der Waals surface area contributed by atoms with Crippen LogP contribution >= 0.6 is 0 Å². The van der Waals surface area contributed by atoms with Crippen LogP contribution in [0.3, 0.4) is 0 Å². The Morgan fingerprint density at radius 2 is 1.54 bits per heavy atom. The lowest BCUT2D eigenvalue weighted by atomic mass is 9.58. The quantitative estimate of drug-likeness (QED) is 0.235. The summed E-state index contributed by atoms with van der Waals surface area (Å²) in [5.41, 5.74) is 1.76. The number of carbonyl (C=O) groups excluding carboxylic acids is 5. The van der Waals surface area contributed by atoms with Gasteiger partial charge in [-0.2, -0.15) is 0 Å². The highest BCUT2D eigenvalue weighted by Gasteiger charge is 2.52. The fourth-order valence-electron chi connectivity index (χ4n) is 9.49. The Balaban J connectivity index is 1.15. The molecule has 3 aliphatic carbocycles. The first-order valence-corrected chi connectivity index (χ1v) is 17.9. The third kappa shape index (κ3) is 6.49. The van der Waals surface area contributed by atoms with Gasteiger partial charge >= 0.3 is 12.1 Å². The van der Waals surface area contributed by atoms with E-state index in [-0.39, 0.29) is 59.9 Å². The second-order valence-electron chi connectivity index (χ2n) is 15.9. The van der Waals surface area contributed by atoms with Gasteiger partial charge in [-0.05, 0) is 76.5 Å². The van der Waals surface area contributed by atoms with E-state index < -0.39 is 11.4 Å². The molecule has 1 saturated carbocycles. The van der Waals surface area contributed by atoms with E-state index >= 15 is 0 Å². The van der Waals surface area contributed by atoms with Gasteiger partial charge in [-0.15, -0.1) is 0 Å². The summed E-state index contributed by atoms with van der Waals surface area (Å²) in [7, 11) is 3.36. The molecule has 0 bridgehead atoms. The van der Waals surface area contributed by atoms with Crippen LogP contribution < -0.4 is 0 Å². The molecule has 0 aromatic heterocycles. The minimum absolute atomic E-state index is 0.0663. The Labute approximate surface area is 285 Å². The number of hydrogen-bond donors (Lipinski definition) is 0. The normalized spacial score (nSPS) is 31.6. The van der Waals surface area contributed by atoms with Gasteiger partial charge in [0.2, 0.25) is 5.91 Å². The number of benzene rings is 1. The van der Waals surface area contributed by atoms with Gasteiger partial charge in [0.25, 0.3) is 0 Å². The molecule has 2 saturated heterocycles. The van der Waals surface area contributed by atoms with Gasteiger partial charge in [-0.3, -0.25) is 19.3 Å². The fourth-order valence-corrected chi connectivity index (χ4v) is 9.49. The number of urea groups is 2. The van der Waals surface area contributed by atoms with Gasteiger partial charge in [-0.1, -0.05) is 67.0 Å². The number of hydrogen-bond acceptors (Lipinski definition) is 5. The lowest BCUT2D eigenvalue weighted by Crippen LogP contribution is -2.61. The first kappa shape index (κ1) is 34.1. The Kier molecular flexibility index (Phi) is 9.44. The van der Waals surface area contributed by atoms with Crippen LogP contribution in [-0.2, 0) is 9.59 Å². The molecule has 2 aliphatic heterocycles. The first-order chi connectivity index (χ1) is 22.8. The Hall–Kier alpha value is -3.75. The van der Waals surface area contributed by atoms with E-state index in [4.69, 9.17) is 0 Å². The van der Waals surface area contributed by atoms with E-state index in [0.717, 1.165) is 56.9 Å². The van der Waals surface area contributed by atoms with E-state index in [2.05, 4.69) is 19.1 Å². The van der Waals surface area contributed by atoms with Crippen molar-refractivity contribution in [1.29, 1.82) is 0 Å². The van der Waals surface area contributed by atoms with Gasteiger partial charge in [-0.25, -0.2) is 9.59 Å². The SMILES string of the molecule is CN1CC(C)(C2=CCCCC2)CN(CC(=O)C2CCCC3(CCC=C(C4(C)CN(CC(=O)c5ccccc5)C(=O)N(C)C4=O)C3)C2)C1=O. The van der Waals surface area contributed by atoms with Gasteiger partial charge in [0.05, 0.1) is 18.5 Å². The third-order valence-electron chi connectivity index (χ3n) is 12.1. The Bertz CT molecular complexity index is 1540. The van der Waals surface area contributed by atoms with Gasteiger partial charge in [0, 0.05) is 50.6 Å². The van der Waals surface area contributed by atoms with Crippen molar-refractivity contribution in [3.63, 3.8) is 0 Å². The molecule has 5 amide bonds. The maximum absolute atomic E-state index is 14.0. The maximum Gasteiger partial charge on any atom is 0.326 e. The van der Waals surface area contributed by atoms with E-state index in [9.17, 15) is 24.0 Å². The standard InChI is InChI=1S/C39H52N4O5/c1-37(30-16-9-6-10-17-30)25-40(3)35(47)42(26-37)24-33(45)29-15-11-19-39(21-29)20-12-18-31(22-39)38(2)27-43(36(48)41(4)34(38)46)23-32(44)28-13-7-5-8-14-28/h5,7-8,13-14,16,18,29H,6,9-12,15,17,19-27H2,1-4H3. The third-order valence-corrected chi connectivity index (χ3v) is 12.1. The lowest BCUT2D eigenvalue weighted by molar-refractivity contribution is -0.139. The topological polar surface area (TPSA) is 98.3 Å². The lowest BCUT2D eigenvalue weighted by Gasteiger charge is -2.50. The van der Waals surface area contributed by atoms with Crippen molar-refractivity contribution in [2.24, 2.45) is 22.2 Å². The van der Waals surface area contributed by atoms with Crippen molar-refractivity contribution in [3.05, 3.63) is 59.2 Å². The molecular formula is C39H52N4O5. The van der Waals surface area contributed by atoms with Gasteiger partial charge in [0.15, 0.2) is 11.6 Å². The number of imide groups is 1. The highest BCUT2D eigenvalue weighted by molar-refractivity contribution is 6.04. The maximum atomic E-state index is 14.0. The highest BCUT2D eigenvalue weighted by Crippen LogP contribution is 2.53. The molecule has 48 heavy (non-hydrogen) atoms. The summed E-state index contributed by atoms with van der Waals surface area (Å²) in [6.07, 6.45) is 15.0. The Morgan fingerprint density at radius 1 is 0.812 bits per heavy atom. The van der Waals surface area contributed by atoms with Crippen molar-refractivity contribution >= 4 is 29.5 Å². The summed E-state index contributed by atoms with van der Waals surface area (Å²) in [4.78, 5) is 73.7. The number of ketones is 2. The van der Waals surface area contributed by atoms with Crippen LogP contribution in [0.15, 0.2) is 53.6 Å². The van der Waals surface area contributed by atoms with Gasteiger partial charge < -0.3 is 14.7 Å². The second kappa shape index (κ2) is 13.3. The van der Waals surface area contributed by atoms with E-state index in [1.807, 2.05) is 20.0 Å². The average Bonchev–Trinajstić information content (AvgIpc) is 3.09. The van der Waals surface area contributed by atoms with Crippen molar-refractivity contribution in [2.75, 3.05) is 46.8 Å². The van der Waals surface area contributed by atoms with Crippen LogP contribution in [0.25, 0.3) is 0 Å². The Morgan fingerprint density at radius 3 is 2.27 bits per heavy atom. The van der Waals surface area contributed by atoms with Gasteiger partial charge in [0.1, 0.15) is 0 Å². The molecule has 258 valence electrons. The number of Topliss-reactive ketones (excluding diaryl/α,β-unsaturated/α-hetero) is 2. The molecule has 4 atom stereocenters. The van der Waals surface area contributed by atoms with Crippen molar-refractivity contribution < 1.29 is 24.0 Å². The predicted molar refractivity (Wildman–Crippen MR) is 184 cm³/mol. The molecule has 0 radical (unpaired) electrons. The molecule has 1 aromatic rings. The zero-order valence-corrected chi connectivity index (χ0v) is 29.3. The second-order valence-corrected chi connectivity index (χ2v) is 15.9.